The highest BCUT2D eigenvalue weighted by atomic mass is 16.5. The number of anilines is 1. The van der Waals surface area contributed by atoms with Crippen LogP contribution in [0.15, 0.2) is 24.8 Å². The van der Waals surface area contributed by atoms with Crippen LogP contribution in [0.5, 0.6) is 5.75 Å². The lowest BCUT2D eigenvalue weighted by Gasteiger charge is -2.14. The Morgan fingerprint density at radius 1 is 1.25 bits per heavy atom. The summed E-state index contributed by atoms with van der Waals surface area (Å²) in [4.78, 5) is 12.7. The first kappa shape index (κ1) is 14.2. The van der Waals surface area contributed by atoms with Crippen molar-refractivity contribution in [3.63, 3.8) is 0 Å². The summed E-state index contributed by atoms with van der Waals surface area (Å²) in [6.07, 6.45) is 5.92. The van der Waals surface area contributed by atoms with Crippen LogP contribution < -0.4 is 10.5 Å². The molecule has 0 bridgehead atoms. The molecule has 0 amide bonds. The SMILES string of the molecule is CCCOc1cncc(-c2ncnc(N)c2C(C)C)c1. The van der Waals surface area contributed by atoms with E-state index in [-0.39, 0.29) is 5.92 Å². The van der Waals surface area contributed by atoms with E-state index in [0.717, 1.165) is 29.0 Å². The second kappa shape index (κ2) is 6.32. The minimum atomic E-state index is 0.242. The van der Waals surface area contributed by atoms with Gasteiger partial charge in [-0.3, -0.25) is 4.98 Å². The van der Waals surface area contributed by atoms with Crippen molar-refractivity contribution in [2.45, 2.75) is 33.1 Å². The topological polar surface area (TPSA) is 73.9 Å². The fourth-order valence-electron chi connectivity index (χ4n) is 2.06. The Balaban J connectivity index is 2.43. The van der Waals surface area contributed by atoms with E-state index in [4.69, 9.17) is 10.5 Å². The third-order valence-electron chi connectivity index (χ3n) is 2.95. The van der Waals surface area contributed by atoms with Crippen LogP contribution in [0.1, 0.15) is 38.7 Å². The van der Waals surface area contributed by atoms with E-state index in [2.05, 4.69) is 35.7 Å². The number of rotatable bonds is 5. The molecule has 5 nitrogen and oxygen atoms in total. The summed E-state index contributed by atoms with van der Waals surface area (Å²) in [6, 6.07) is 1.94. The summed E-state index contributed by atoms with van der Waals surface area (Å²) in [5.74, 6) is 1.51. The van der Waals surface area contributed by atoms with Crippen LogP contribution in [0, 0.1) is 0 Å². The fraction of sp³-hybridized carbons (Fsp3) is 0.400. The third kappa shape index (κ3) is 3.04. The highest BCUT2D eigenvalue weighted by Gasteiger charge is 2.15. The van der Waals surface area contributed by atoms with Gasteiger partial charge in [0.1, 0.15) is 17.9 Å². The summed E-state index contributed by atoms with van der Waals surface area (Å²) in [5, 5.41) is 0. The Labute approximate surface area is 119 Å². The van der Waals surface area contributed by atoms with Crippen LogP contribution in [-0.2, 0) is 0 Å². The van der Waals surface area contributed by atoms with E-state index in [9.17, 15) is 0 Å². The first-order chi connectivity index (χ1) is 9.63. The van der Waals surface area contributed by atoms with Crippen LogP contribution in [0.3, 0.4) is 0 Å². The maximum atomic E-state index is 5.98. The molecular formula is C15H20N4O. The number of hydrogen-bond acceptors (Lipinski definition) is 5. The van der Waals surface area contributed by atoms with Gasteiger partial charge in [-0.05, 0) is 18.4 Å². The van der Waals surface area contributed by atoms with Crippen LogP contribution in [-0.4, -0.2) is 21.6 Å². The van der Waals surface area contributed by atoms with Crippen molar-refractivity contribution in [3.8, 4) is 17.0 Å². The molecule has 2 heterocycles. The molecule has 0 spiro atoms. The van der Waals surface area contributed by atoms with E-state index in [1.165, 1.54) is 6.33 Å². The van der Waals surface area contributed by atoms with Crippen molar-refractivity contribution in [1.82, 2.24) is 15.0 Å². The molecule has 0 unspecified atom stereocenters. The Morgan fingerprint density at radius 2 is 2.05 bits per heavy atom. The highest BCUT2D eigenvalue weighted by Crippen LogP contribution is 2.31. The number of ether oxygens (including phenoxy) is 1. The Hall–Kier alpha value is -2.17. The summed E-state index contributed by atoms with van der Waals surface area (Å²) < 4.78 is 5.61. The molecule has 0 fully saturated rings. The van der Waals surface area contributed by atoms with Crippen molar-refractivity contribution in [2.24, 2.45) is 0 Å². The van der Waals surface area contributed by atoms with E-state index in [1.807, 2.05) is 6.07 Å². The standard InChI is InChI=1S/C15H20N4O/c1-4-5-20-12-6-11(7-17-8-12)14-13(10(2)3)15(16)19-9-18-14/h6-10H,4-5H2,1-3H3,(H2,16,18,19). The number of hydrogen-bond donors (Lipinski definition) is 1. The number of nitrogens with zero attached hydrogens (tertiary/aromatic N) is 3. The van der Waals surface area contributed by atoms with Crippen LogP contribution in [0.25, 0.3) is 11.3 Å². The molecular weight excluding hydrogens is 252 g/mol. The van der Waals surface area contributed by atoms with Gasteiger partial charge in [0.25, 0.3) is 0 Å². The second-order valence-electron chi connectivity index (χ2n) is 4.93. The van der Waals surface area contributed by atoms with Crippen LogP contribution in [0.4, 0.5) is 5.82 Å². The predicted molar refractivity (Wildman–Crippen MR) is 79.6 cm³/mol. The lowest BCUT2D eigenvalue weighted by molar-refractivity contribution is 0.316. The molecule has 0 aliphatic rings. The van der Waals surface area contributed by atoms with Gasteiger partial charge in [0.05, 0.1) is 18.5 Å². The first-order valence-corrected chi connectivity index (χ1v) is 6.82. The van der Waals surface area contributed by atoms with Gasteiger partial charge >= 0.3 is 0 Å². The molecule has 0 aromatic carbocycles. The minimum Gasteiger partial charge on any atom is -0.492 e. The number of nitrogen functional groups attached to an aromatic ring is 1. The summed E-state index contributed by atoms with van der Waals surface area (Å²) in [6.45, 7) is 6.89. The minimum absolute atomic E-state index is 0.242. The van der Waals surface area contributed by atoms with Crippen molar-refractivity contribution in [2.75, 3.05) is 12.3 Å². The van der Waals surface area contributed by atoms with Crippen molar-refractivity contribution >= 4 is 5.82 Å². The van der Waals surface area contributed by atoms with Gasteiger partial charge in [-0.1, -0.05) is 20.8 Å². The highest BCUT2D eigenvalue weighted by molar-refractivity contribution is 5.68. The zero-order valence-corrected chi connectivity index (χ0v) is 12.1. The van der Waals surface area contributed by atoms with Gasteiger partial charge in [-0.15, -0.1) is 0 Å². The van der Waals surface area contributed by atoms with Gasteiger partial charge in [-0.25, -0.2) is 9.97 Å². The quantitative estimate of drug-likeness (QED) is 0.905. The molecule has 2 N–H and O–H groups in total. The summed E-state index contributed by atoms with van der Waals surface area (Å²) in [5.41, 5.74) is 8.64. The monoisotopic (exact) mass is 272 g/mol. The summed E-state index contributed by atoms with van der Waals surface area (Å²) >= 11 is 0. The lowest BCUT2D eigenvalue weighted by Crippen LogP contribution is -2.04. The molecule has 2 rings (SSSR count). The largest absolute Gasteiger partial charge is 0.492 e. The molecule has 0 saturated carbocycles. The Kier molecular flexibility index (Phi) is 4.50. The van der Waals surface area contributed by atoms with Gasteiger partial charge in [0, 0.05) is 17.3 Å². The van der Waals surface area contributed by atoms with E-state index < -0.39 is 0 Å². The van der Waals surface area contributed by atoms with E-state index in [1.54, 1.807) is 12.4 Å². The van der Waals surface area contributed by atoms with Crippen molar-refractivity contribution in [3.05, 3.63) is 30.4 Å². The van der Waals surface area contributed by atoms with Gasteiger partial charge < -0.3 is 10.5 Å². The third-order valence-corrected chi connectivity index (χ3v) is 2.95. The van der Waals surface area contributed by atoms with Gasteiger partial charge in [0.15, 0.2) is 0 Å². The maximum Gasteiger partial charge on any atom is 0.138 e. The molecule has 106 valence electrons. The number of nitrogens with two attached hydrogens (primary N) is 1. The van der Waals surface area contributed by atoms with Crippen LogP contribution >= 0.6 is 0 Å². The number of pyridine rings is 1. The second-order valence-corrected chi connectivity index (χ2v) is 4.93. The average Bonchev–Trinajstić information content (AvgIpc) is 2.44. The Morgan fingerprint density at radius 3 is 2.75 bits per heavy atom. The van der Waals surface area contributed by atoms with Crippen molar-refractivity contribution < 1.29 is 4.74 Å². The molecule has 2 aromatic rings. The smallest absolute Gasteiger partial charge is 0.138 e. The van der Waals surface area contributed by atoms with Crippen molar-refractivity contribution in [1.29, 1.82) is 0 Å². The molecule has 0 aliphatic heterocycles. The lowest BCUT2D eigenvalue weighted by atomic mass is 9.98. The van der Waals surface area contributed by atoms with E-state index in [0.29, 0.717) is 12.4 Å². The molecule has 5 heteroatoms. The maximum absolute atomic E-state index is 5.98. The molecule has 0 aliphatic carbocycles. The van der Waals surface area contributed by atoms with E-state index >= 15 is 0 Å². The average molecular weight is 272 g/mol. The van der Waals surface area contributed by atoms with Crippen LogP contribution in [0.2, 0.25) is 0 Å². The predicted octanol–water partition coefficient (Wildman–Crippen LogP) is 3.03. The molecule has 0 saturated heterocycles. The zero-order valence-electron chi connectivity index (χ0n) is 12.1. The zero-order chi connectivity index (χ0) is 14.5. The van der Waals surface area contributed by atoms with Gasteiger partial charge in [-0.2, -0.15) is 0 Å². The molecule has 2 aromatic heterocycles. The van der Waals surface area contributed by atoms with Gasteiger partial charge in [0.2, 0.25) is 0 Å². The fourth-order valence-corrected chi connectivity index (χ4v) is 2.06. The number of aromatic nitrogens is 3. The Bertz CT molecular complexity index is 584. The molecule has 0 atom stereocenters. The molecule has 0 radical (unpaired) electrons. The summed E-state index contributed by atoms with van der Waals surface area (Å²) in [7, 11) is 0. The first-order valence-electron chi connectivity index (χ1n) is 6.82. The molecule has 20 heavy (non-hydrogen) atoms. The normalized spacial score (nSPS) is 10.8.